The van der Waals surface area contributed by atoms with Crippen LogP contribution in [0.4, 0.5) is 0 Å². The fourth-order valence-corrected chi connectivity index (χ4v) is 2.31. The summed E-state index contributed by atoms with van der Waals surface area (Å²) in [6.45, 7) is 4.08. The predicted molar refractivity (Wildman–Crippen MR) is 67.7 cm³/mol. The van der Waals surface area contributed by atoms with Crippen molar-refractivity contribution in [1.82, 2.24) is 15.1 Å². The van der Waals surface area contributed by atoms with Crippen molar-refractivity contribution >= 4 is 11.3 Å². The lowest BCUT2D eigenvalue weighted by atomic mass is 10.2. The van der Waals surface area contributed by atoms with Gasteiger partial charge in [-0.25, -0.2) is 0 Å². The molecule has 16 heavy (non-hydrogen) atoms. The van der Waals surface area contributed by atoms with Gasteiger partial charge < -0.3 is 5.32 Å². The van der Waals surface area contributed by atoms with Crippen molar-refractivity contribution in [3.8, 4) is 0 Å². The molecule has 86 valence electrons. The summed E-state index contributed by atoms with van der Waals surface area (Å²) in [5.41, 5.74) is 3.96. The maximum Gasteiger partial charge on any atom is 0.0524 e. The van der Waals surface area contributed by atoms with E-state index < -0.39 is 0 Å². The number of hydrogen-bond donors (Lipinski definition) is 1. The van der Waals surface area contributed by atoms with E-state index in [1.165, 1.54) is 16.8 Å². The molecule has 0 fully saturated rings. The predicted octanol–water partition coefficient (Wildman–Crippen LogP) is 2.12. The van der Waals surface area contributed by atoms with Crippen LogP contribution < -0.4 is 5.32 Å². The molecule has 2 aromatic heterocycles. The molecule has 2 rings (SSSR count). The zero-order valence-corrected chi connectivity index (χ0v) is 10.5. The second-order valence-corrected chi connectivity index (χ2v) is 4.72. The van der Waals surface area contributed by atoms with Crippen LogP contribution in [0.2, 0.25) is 0 Å². The van der Waals surface area contributed by atoms with E-state index in [0.29, 0.717) is 0 Å². The van der Waals surface area contributed by atoms with Gasteiger partial charge in [0.15, 0.2) is 0 Å². The van der Waals surface area contributed by atoms with Gasteiger partial charge in [0.05, 0.1) is 6.20 Å². The van der Waals surface area contributed by atoms with Crippen LogP contribution >= 0.6 is 11.3 Å². The van der Waals surface area contributed by atoms with Crippen LogP contribution in [0.3, 0.4) is 0 Å². The largest absolute Gasteiger partial charge is 0.312 e. The molecule has 2 aromatic rings. The Morgan fingerprint density at radius 3 is 3.00 bits per heavy atom. The topological polar surface area (TPSA) is 29.9 Å². The Kier molecular flexibility index (Phi) is 3.74. The monoisotopic (exact) mass is 235 g/mol. The molecule has 0 aliphatic heterocycles. The molecule has 0 atom stereocenters. The number of thiophene rings is 1. The molecule has 0 amide bonds. The summed E-state index contributed by atoms with van der Waals surface area (Å²) in [4.78, 5) is 0. The summed E-state index contributed by atoms with van der Waals surface area (Å²) < 4.78 is 1.92. The Morgan fingerprint density at radius 1 is 1.50 bits per heavy atom. The van der Waals surface area contributed by atoms with E-state index in [2.05, 4.69) is 34.2 Å². The van der Waals surface area contributed by atoms with Gasteiger partial charge in [0.2, 0.25) is 0 Å². The second kappa shape index (κ2) is 5.27. The van der Waals surface area contributed by atoms with Gasteiger partial charge in [-0.1, -0.05) is 0 Å². The number of nitrogens with one attached hydrogen (secondary N) is 1. The summed E-state index contributed by atoms with van der Waals surface area (Å²) in [5, 5.41) is 12.0. The second-order valence-electron chi connectivity index (χ2n) is 3.94. The van der Waals surface area contributed by atoms with Crippen LogP contribution in [0.15, 0.2) is 23.0 Å². The summed E-state index contributed by atoms with van der Waals surface area (Å²) in [7, 11) is 1.98. The highest BCUT2D eigenvalue weighted by atomic mass is 32.1. The highest BCUT2D eigenvalue weighted by molar-refractivity contribution is 7.07. The van der Waals surface area contributed by atoms with E-state index in [-0.39, 0.29) is 0 Å². The summed E-state index contributed by atoms with van der Waals surface area (Å²) in [6.07, 6.45) is 3.01. The van der Waals surface area contributed by atoms with Gasteiger partial charge in [0, 0.05) is 19.3 Å². The zero-order valence-electron chi connectivity index (χ0n) is 9.73. The lowest BCUT2D eigenvalue weighted by Gasteiger charge is -2.03. The van der Waals surface area contributed by atoms with Crippen molar-refractivity contribution in [1.29, 1.82) is 0 Å². The number of aryl methyl sites for hydroxylation is 1. The first-order valence-electron chi connectivity index (χ1n) is 5.46. The van der Waals surface area contributed by atoms with E-state index in [9.17, 15) is 0 Å². The van der Waals surface area contributed by atoms with Gasteiger partial charge in [0.25, 0.3) is 0 Å². The van der Waals surface area contributed by atoms with Crippen molar-refractivity contribution in [3.63, 3.8) is 0 Å². The Bertz CT molecular complexity index is 431. The number of aromatic nitrogens is 2. The highest BCUT2D eigenvalue weighted by Gasteiger charge is 2.02. The molecule has 0 radical (unpaired) electrons. The molecule has 0 aliphatic carbocycles. The number of nitrogens with zero attached hydrogens (tertiary/aromatic N) is 2. The zero-order chi connectivity index (χ0) is 11.4. The van der Waals surface area contributed by atoms with Crippen molar-refractivity contribution in [2.75, 3.05) is 6.54 Å². The number of rotatable bonds is 5. The van der Waals surface area contributed by atoms with Crippen molar-refractivity contribution in [3.05, 3.63) is 39.8 Å². The van der Waals surface area contributed by atoms with Gasteiger partial charge >= 0.3 is 0 Å². The fourth-order valence-electron chi connectivity index (χ4n) is 1.64. The Labute approximate surface area is 100 Å². The Morgan fingerprint density at radius 2 is 2.38 bits per heavy atom. The molecule has 0 saturated carbocycles. The van der Waals surface area contributed by atoms with Crippen LogP contribution in [0, 0.1) is 6.92 Å². The first kappa shape index (κ1) is 11.4. The smallest absolute Gasteiger partial charge is 0.0524 e. The quantitative estimate of drug-likeness (QED) is 0.805. The third kappa shape index (κ3) is 2.71. The van der Waals surface area contributed by atoms with Crippen LogP contribution in [0.25, 0.3) is 0 Å². The van der Waals surface area contributed by atoms with Crippen LogP contribution in [-0.2, 0) is 20.0 Å². The molecule has 0 unspecified atom stereocenters. The molecule has 0 aromatic carbocycles. The molecule has 2 heterocycles. The van der Waals surface area contributed by atoms with E-state index in [0.717, 1.165) is 19.5 Å². The lowest BCUT2D eigenvalue weighted by Crippen LogP contribution is -2.16. The van der Waals surface area contributed by atoms with Crippen molar-refractivity contribution < 1.29 is 0 Å². The molecule has 0 bridgehead atoms. The highest BCUT2D eigenvalue weighted by Crippen LogP contribution is 2.07. The van der Waals surface area contributed by atoms with Gasteiger partial charge in [0.1, 0.15) is 0 Å². The standard InChI is InChI=1S/C12H17N3S/c1-10-12(8-14-15(10)2)3-5-13-7-11-4-6-16-9-11/h4,6,8-9,13H,3,5,7H2,1-2H3. The minimum absolute atomic E-state index is 0.961. The molecule has 3 nitrogen and oxygen atoms in total. The average Bonchev–Trinajstić information content (AvgIpc) is 2.88. The van der Waals surface area contributed by atoms with Gasteiger partial charge in [-0.15, -0.1) is 0 Å². The Hall–Kier alpha value is -1.13. The molecule has 0 saturated heterocycles. The Balaban J connectivity index is 1.74. The molecule has 0 spiro atoms. The molecule has 1 N–H and O–H groups in total. The van der Waals surface area contributed by atoms with E-state index in [1.807, 2.05) is 17.9 Å². The van der Waals surface area contributed by atoms with Crippen LogP contribution in [0.1, 0.15) is 16.8 Å². The number of hydrogen-bond acceptors (Lipinski definition) is 3. The van der Waals surface area contributed by atoms with Crippen molar-refractivity contribution in [2.45, 2.75) is 19.9 Å². The van der Waals surface area contributed by atoms with E-state index in [1.54, 1.807) is 11.3 Å². The lowest BCUT2D eigenvalue weighted by molar-refractivity contribution is 0.684. The minimum Gasteiger partial charge on any atom is -0.312 e. The molecular formula is C12H17N3S. The first-order chi connectivity index (χ1) is 7.77. The summed E-state index contributed by atoms with van der Waals surface area (Å²) >= 11 is 1.75. The SMILES string of the molecule is Cc1c(CCNCc2ccsc2)cnn1C. The normalized spacial score (nSPS) is 10.9. The van der Waals surface area contributed by atoms with Gasteiger partial charge in [-0.3, -0.25) is 4.68 Å². The fraction of sp³-hybridized carbons (Fsp3) is 0.417. The maximum absolute atomic E-state index is 4.24. The molecule has 4 heteroatoms. The van der Waals surface area contributed by atoms with E-state index in [4.69, 9.17) is 0 Å². The average molecular weight is 235 g/mol. The summed E-state index contributed by atoms with van der Waals surface area (Å²) in [5.74, 6) is 0. The minimum atomic E-state index is 0.961. The first-order valence-corrected chi connectivity index (χ1v) is 6.41. The third-order valence-corrected chi connectivity index (χ3v) is 3.55. The van der Waals surface area contributed by atoms with Gasteiger partial charge in [-0.2, -0.15) is 16.4 Å². The maximum atomic E-state index is 4.24. The molecule has 0 aliphatic rings. The van der Waals surface area contributed by atoms with Crippen LogP contribution in [-0.4, -0.2) is 16.3 Å². The van der Waals surface area contributed by atoms with Crippen LogP contribution in [0.5, 0.6) is 0 Å². The summed E-state index contributed by atoms with van der Waals surface area (Å²) in [6, 6.07) is 2.16. The van der Waals surface area contributed by atoms with E-state index >= 15 is 0 Å². The molecular weight excluding hydrogens is 218 g/mol. The van der Waals surface area contributed by atoms with Crippen molar-refractivity contribution in [2.24, 2.45) is 7.05 Å². The van der Waals surface area contributed by atoms with Gasteiger partial charge in [-0.05, 0) is 47.8 Å². The third-order valence-electron chi connectivity index (χ3n) is 2.82.